The number of carbonyl (C=O) groups excluding carboxylic acids is 1. The van der Waals surface area contributed by atoms with Crippen molar-refractivity contribution in [2.24, 2.45) is 5.92 Å². The number of halogens is 2. The van der Waals surface area contributed by atoms with Gasteiger partial charge < -0.3 is 5.32 Å². The lowest BCUT2D eigenvalue weighted by atomic mass is 9.92. The molecular weight excluding hydrogens is 381 g/mol. The average Bonchev–Trinajstić information content (AvgIpc) is 3.24. The maximum absolute atomic E-state index is 12.6. The van der Waals surface area contributed by atoms with Crippen LogP contribution in [0.25, 0.3) is 5.69 Å². The predicted octanol–water partition coefficient (Wildman–Crippen LogP) is 6.39. The minimum absolute atomic E-state index is 0.0154. The van der Waals surface area contributed by atoms with E-state index in [0.29, 0.717) is 33.9 Å². The van der Waals surface area contributed by atoms with E-state index in [4.69, 9.17) is 28.3 Å². The van der Waals surface area contributed by atoms with Gasteiger partial charge in [-0.25, -0.2) is 4.68 Å². The second-order valence-electron chi connectivity index (χ2n) is 8.41. The van der Waals surface area contributed by atoms with Gasteiger partial charge >= 0.3 is 0 Å². The van der Waals surface area contributed by atoms with Crippen LogP contribution in [0.3, 0.4) is 0 Å². The Morgan fingerprint density at radius 2 is 1.93 bits per heavy atom. The molecule has 146 valence electrons. The molecule has 3 rings (SSSR count). The SMILES string of the molecule is CC(C)(C)c1cc(NC(=O)CCC2CCCC2)n(-c2cc(Cl)ccc2Cl)n1. The van der Waals surface area contributed by atoms with E-state index in [1.165, 1.54) is 25.7 Å². The Hall–Kier alpha value is -1.52. The van der Waals surface area contributed by atoms with Gasteiger partial charge in [0, 0.05) is 22.9 Å². The van der Waals surface area contributed by atoms with Crippen LogP contribution in [-0.4, -0.2) is 15.7 Å². The van der Waals surface area contributed by atoms with Crippen molar-refractivity contribution in [1.29, 1.82) is 0 Å². The van der Waals surface area contributed by atoms with E-state index in [1.807, 2.05) is 6.07 Å². The van der Waals surface area contributed by atoms with Gasteiger partial charge in [0.1, 0.15) is 5.82 Å². The number of carbonyl (C=O) groups is 1. The van der Waals surface area contributed by atoms with E-state index in [-0.39, 0.29) is 11.3 Å². The summed E-state index contributed by atoms with van der Waals surface area (Å²) in [5, 5.41) is 8.84. The zero-order chi connectivity index (χ0) is 19.6. The summed E-state index contributed by atoms with van der Waals surface area (Å²) in [6, 6.07) is 7.16. The van der Waals surface area contributed by atoms with Crippen molar-refractivity contribution >= 4 is 34.9 Å². The van der Waals surface area contributed by atoms with Crippen molar-refractivity contribution in [1.82, 2.24) is 9.78 Å². The first kappa shape index (κ1) is 20.2. The molecule has 0 radical (unpaired) electrons. The number of nitrogens with zero attached hydrogens (tertiary/aromatic N) is 2. The number of amides is 1. The molecule has 1 aliphatic carbocycles. The minimum atomic E-state index is -0.153. The van der Waals surface area contributed by atoms with Crippen LogP contribution in [-0.2, 0) is 10.2 Å². The average molecular weight is 408 g/mol. The maximum Gasteiger partial charge on any atom is 0.225 e. The Labute approximate surface area is 171 Å². The maximum atomic E-state index is 12.6. The summed E-state index contributed by atoms with van der Waals surface area (Å²) in [5.41, 5.74) is 1.38. The monoisotopic (exact) mass is 407 g/mol. The molecule has 1 fully saturated rings. The highest BCUT2D eigenvalue weighted by atomic mass is 35.5. The number of nitrogens with one attached hydrogen (secondary N) is 1. The van der Waals surface area contributed by atoms with Crippen LogP contribution in [0.5, 0.6) is 0 Å². The summed E-state index contributed by atoms with van der Waals surface area (Å²) >= 11 is 12.5. The van der Waals surface area contributed by atoms with Crippen LogP contribution >= 0.6 is 23.2 Å². The van der Waals surface area contributed by atoms with Gasteiger partial charge in [-0.3, -0.25) is 4.79 Å². The minimum Gasteiger partial charge on any atom is -0.311 e. The number of aromatic nitrogens is 2. The molecule has 0 unspecified atom stereocenters. The molecule has 6 heteroatoms. The summed E-state index contributed by atoms with van der Waals surface area (Å²) in [6.07, 6.45) is 6.56. The van der Waals surface area contributed by atoms with Crippen molar-refractivity contribution in [3.63, 3.8) is 0 Å². The van der Waals surface area contributed by atoms with Gasteiger partial charge in [0.15, 0.2) is 0 Å². The van der Waals surface area contributed by atoms with Crippen molar-refractivity contribution in [2.75, 3.05) is 5.32 Å². The number of rotatable bonds is 5. The summed E-state index contributed by atoms with van der Waals surface area (Å²) in [6.45, 7) is 6.26. The Kier molecular flexibility index (Phi) is 6.17. The third kappa shape index (κ3) is 5.05. The second-order valence-corrected chi connectivity index (χ2v) is 9.25. The first-order chi connectivity index (χ1) is 12.7. The Morgan fingerprint density at radius 1 is 1.22 bits per heavy atom. The van der Waals surface area contributed by atoms with E-state index in [0.717, 1.165) is 12.1 Å². The molecule has 27 heavy (non-hydrogen) atoms. The molecule has 0 saturated heterocycles. The summed E-state index contributed by atoms with van der Waals surface area (Å²) < 4.78 is 1.68. The number of hydrogen-bond acceptors (Lipinski definition) is 2. The van der Waals surface area contributed by atoms with Gasteiger partial charge in [0.25, 0.3) is 0 Å². The van der Waals surface area contributed by atoms with Crippen LogP contribution in [0.2, 0.25) is 10.0 Å². The molecule has 0 atom stereocenters. The normalized spacial score (nSPS) is 15.3. The molecule has 2 aromatic rings. The van der Waals surface area contributed by atoms with Gasteiger partial charge in [0.2, 0.25) is 5.91 Å². The zero-order valence-corrected chi connectivity index (χ0v) is 17.7. The lowest BCUT2D eigenvalue weighted by molar-refractivity contribution is -0.116. The Balaban J connectivity index is 1.85. The molecular formula is C21H27Cl2N3O. The van der Waals surface area contributed by atoms with E-state index in [9.17, 15) is 4.79 Å². The van der Waals surface area contributed by atoms with Crippen LogP contribution < -0.4 is 5.32 Å². The molecule has 1 heterocycles. The Morgan fingerprint density at radius 3 is 2.59 bits per heavy atom. The predicted molar refractivity (Wildman–Crippen MR) is 112 cm³/mol. The van der Waals surface area contributed by atoms with Gasteiger partial charge in [-0.1, -0.05) is 69.7 Å². The second kappa shape index (κ2) is 8.24. The molecule has 0 bridgehead atoms. The van der Waals surface area contributed by atoms with Crippen LogP contribution in [0, 0.1) is 5.92 Å². The van der Waals surface area contributed by atoms with E-state index >= 15 is 0 Å². The molecule has 1 aromatic heterocycles. The van der Waals surface area contributed by atoms with Gasteiger partial charge in [-0.2, -0.15) is 5.10 Å². The lowest BCUT2D eigenvalue weighted by Gasteiger charge is -2.14. The summed E-state index contributed by atoms with van der Waals surface area (Å²) in [4.78, 5) is 12.6. The largest absolute Gasteiger partial charge is 0.311 e. The molecule has 0 spiro atoms. The fourth-order valence-electron chi connectivity index (χ4n) is 3.51. The van der Waals surface area contributed by atoms with Crippen molar-refractivity contribution in [3.05, 3.63) is 40.0 Å². The standard InChI is InChI=1S/C21H27Cl2N3O/c1-21(2,3)18-13-19(24-20(27)11-8-14-6-4-5-7-14)26(25-18)17-12-15(22)9-10-16(17)23/h9-10,12-14H,4-8,11H2,1-3H3,(H,24,27). The number of benzene rings is 1. The molecule has 1 saturated carbocycles. The van der Waals surface area contributed by atoms with Crippen molar-refractivity contribution in [3.8, 4) is 5.69 Å². The molecule has 1 aromatic carbocycles. The van der Waals surface area contributed by atoms with Gasteiger partial charge in [-0.15, -0.1) is 0 Å². The molecule has 1 aliphatic rings. The van der Waals surface area contributed by atoms with E-state index < -0.39 is 0 Å². The highest BCUT2D eigenvalue weighted by molar-refractivity contribution is 6.34. The van der Waals surface area contributed by atoms with Crippen molar-refractivity contribution < 1.29 is 4.79 Å². The first-order valence-electron chi connectivity index (χ1n) is 9.60. The fraction of sp³-hybridized carbons (Fsp3) is 0.524. The molecule has 0 aliphatic heterocycles. The summed E-state index contributed by atoms with van der Waals surface area (Å²) in [5.74, 6) is 1.33. The van der Waals surface area contributed by atoms with Crippen LogP contribution in [0.15, 0.2) is 24.3 Å². The summed E-state index contributed by atoms with van der Waals surface area (Å²) in [7, 11) is 0. The molecule has 1 amide bonds. The zero-order valence-electron chi connectivity index (χ0n) is 16.2. The smallest absolute Gasteiger partial charge is 0.225 e. The highest BCUT2D eigenvalue weighted by Gasteiger charge is 2.23. The van der Waals surface area contributed by atoms with Gasteiger partial charge in [-0.05, 0) is 30.5 Å². The van der Waals surface area contributed by atoms with Crippen molar-refractivity contribution in [2.45, 2.75) is 64.7 Å². The third-order valence-electron chi connectivity index (χ3n) is 5.14. The van der Waals surface area contributed by atoms with Crippen LogP contribution in [0.4, 0.5) is 5.82 Å². The lowest BCUT2D eigenvalue weighted by Crippen LogP contribution is -2.16. The highest BCUT2D eigenvalue weighted by Crippen LogP contribution is 2.31. The van der Waals surface area contributed by atoms with Crippen LogP contribution in [0.1, 0.15) is 65.0 Å². The Bertz CT molecular complexity index is 817. The molecule has 1 N–H and O–H groups in total. The van der Waals surface area contributed by atoms with E-state index in [1.54, 1.807) is 22.9 Å². The third-order valence-corrected chi connectivity index (χ3v) is 5.69. The first-order valence-corrected chi connectivity index (χ1v) is 10.4. The topological polar surface area (TPSA) is 46.9 Å². The molecule has 4 nitrogen and oxygen atoms in total. The number of hydrogen-bond donors (Lipinski definition) is 1. The van der Waals surface area contributed by atoms with E-state index in [2.05, 4.69) is 26.1 Å². The quantitative estimate of drug-likeness (QED) is 0.624. The fourth-order valence-corrected chi connectivity index (χ4v) is 3.87. The number of anilines is 1. The van der Waals surface area contributed by atoms with Gasteiger partial charge in [0.05, 0.1) is 16.4 Å².